The Morgan fingerprint density at radius 2 is 1.77 bits per heavy atom. The lowest BCUT2D eigenvalue weighted by atomic mass is 10.1. The summed E-state index contributed by atoms with van der Waals surface area (Å²) >= 11 is 0. The number of nitrogens with one attached hydrogen (secondary N) is 1. The topological polar surface area (TPSA) is 84.9 Å². The third kappa shape index (κ3) is 4.38. The zero-order valence-corrected chi connectivity index (χ0v) is 14.0. The molecule has 3 amide bonds. The van der Waals surface area contributed by atoms with E-state index >= 15 is 0 Å². The van der Waals surface area contributed by atoms with Crippen LogP contribution in [0.25, 0.3) is 0 Å². The summed E-state index contributed by atoms with van der Waals surface area (Å²) < 4.78 is 10.6. The molecule has 26 heavy (non-hydrogen) atoms. The van der Waals surface area contributed by atoms with Crippen LogP contribution >= 0.6 is 0 Å². The Morgan fingerprint density at radius 3 is 2.42 bits per heavy atom. The normalized spacial score (nSPS) is 13.2. The second-order valence-electron chi connectivity index (χ2n) is 5.65. The second kappa shape index (κ2) is 8.15. The number of para-hydroxylation sites is 1. The predicted octanol–water partition coefficient (Wildman–Crippen LogP) is 1.97. The van der Waals surface area contributed by atoms with Gasteiger partial charge in [-0.15, -0.1) is 0 Å². The van der Waals surface area contributed by atoms with E-state index < -0.39 is 24.5 Å². The molecule has 1 fully saturated rings. The van der Waals surface area contributed by atoms with Crippen molar-refractivity contribution in [2.24, 2.45) is 0 Å². The summed E-state index contributed by atoms with van der Waals surface area (Å²) in [5, 5.41) is 2.51. The fourth-order valence-electron chi connectivity index (χ4n) is 2.42. The first-order valence-corrected chi connectivity index (χ1v) is 8.15. The van der Waals surface area contributed by atoms with Gasteiger partial charge in [-0.3, -0.25) is 9.69 Å². The number of amides is 3. The van der Waals surface area contributed by atoms with Crippen molar-refractivity contribution in [3.63, 3.8) is 0 Å². The molecule has 0 aromatic heterocycles. The highest BCUT2D eigenvalue weighted by Crippen LogP contribution is 2.13. The van der Waals surface area contributed by atoms with Gasteiger partial charge in [0.25, 0.3) is 5.91 Å². The van der Waals surface area contributed by atoms with Gasteiger partial charge in [0.05, 0.1) is 5.56 Å². The third-order valence-electron chi connectivity index (χ3n) is 3.82. The first kappa shape index (κ1) is 17.5. The monoisotopic (exact) mass is 354 g/mol. The molecule has 1 aliphatic heterocycles. The highest BCUT2D eigenvalue weighted by Gasteiger charge is 2.26. The van der Waals surface area contributed by atoms with Gasteiger partial charge in [-0.25, -0.2) is 9.59 Å². The van der Waals surface area contributed by atoms with Gasteiger partial charge in [-0.1, -0.05) is 30.3 Å². The van der Waals surface area contributed by atoms with Crippen molar-refractivity contribution >= 4 is 17.9 Å². The van der Waals surface area contributed by atoms with Crippen LogP contribution in [-0.2, 0) is 16.1 Å². The number of urea groups is 1. The van der Waals surface area contributed by atoms with Gasteiger partial charge in [-0.05, 0) is 29.8 Å². The Morgan fingerprint density at radius 1 is 1.04 bits per heavy atom. The van der Waals surface area contributed by atoms with Crippen molar-refractivity contribution in [1.82, 2.24) is 10.2 Å². The Balaban J connectivity index is 1.49. The number of esters is 1. The number of imide groups is 1. The van der Waals surface area contributed by atoms with Crippen LogP contribution in [0.1, 0.15) is 15.9 Å². The van der Waals surface area contributed by atoms with Gasteiger partial charge in [0.2, 0.25) is 0 Å². The quantitative estimate of drug-likeness (QED) is 0.802. The molecule has 0 saturated carbocycles. The summed E-state index contributed by atoms with van der Waals surface area (Å²) in [5.41, 5.74) is 1.22. The number of rotatable bonds is 6. The first-order valence-electron chi connectivity index (χ1n) is 8.15. The molecule has 2 aromatic rings. The van der Waals surface area contributed by atoms with Crippen LogP contribution in [0.4, 0.5) is 4.79 Å². The largest absolute Gasteiger partial charge is 0.489 e. The third-order valence-corrected chi connectivity index (χ3v) is 3.82. The molecule has 1 heterocycles. The summed E-state index contributed by atoms with van der Waals surface area (Å²) in [6.45, 7) is 0.601. The van der Waals surface area contributed by atoms with Gasteiger partial charge < -0.3 is 14.8 Å². The molecule has 0 atom stereocenters. The van der Waals surface area contributed by atoms with Crippen molar-refractivity contribution in [1.29, 1.82) is 0 Å². The number of benzene rings is 2. The Kier molecular flexibility index (Phi) is 5.48. The first-order chi connectivity index (χ1) is 12.6. The highest BCUT2D eigenvalue weighted by atomic mass is 16.5. The molecule has 0 aliphatic carbocycles. The molecule has 2 aromatic carbocycles. The van der Waals surface area contributed by atoms with E-state index in [9.17, 15) is 14.4 Å². The lowest BCUT2D eigenvalue weighted by molar-refractivity contribution is -0.130. The van der Waals surface area contributed by atoms with E-state index in [1.807, 2.05) is 30.3 Å². The van der Waals surface area contributed by atoms with E-state index in [1.54, 1.807) is 24.3 Å². The summed E-state index contributed by atoms with van der Waals surface area (Å²) in [6, 6.07) is 15.7. The maximum Gasteiger partial charge on any atom is 0.338 e. The van der Waals surface area contributed by atoms with E-state index in [0.29, 0.717) is 18.7 Å². The summed E-state index contributed by atoms with van der Waals surface area (Å²) in [7, 11) is 0. The summed E-state index contributed by atoms with van der Waals surface area (Å²) in [6.07, 6.45) is 0. The van der Waals surface area contributed by atoms with Crippen LogP contribution < -0.4 is 10.1 Å². The maximum atomic E-state index is 12.0. The molecule has 134 valence electrons. The Hall–Kier alpha value is -3.35. The highest BCUT2D eigenvalue weighted by molar-refractivity contribution is 5.98. The van der Waals surface area contributed by atoms with Gasteiger partial charge in [0, 0.05) is 13.1 Å². The number of carbonyl (C=O) groups is 3. The second-order valence-corrected chi connectivity index (χ2v) is 5.65. The van der Waals surface area contributed by atoms with Crippen LogP contribution in [-0.4, -0.2) is 42.5 Å². The average molecular weight is 354 g/mol. The number of ether oxygens (including phenoxy) is 2. The number of hydrogen-bond acceptors (Lipinski definition) is 5. The van der Waals surface area contributed by atoms with Crippen molar-refractivity contribution in [3.8, 4) is 5.75 Å². The molecule has 0 bridgehead atoms. The zero-order chi connectivity index (χ0) is 18.4. The minimum Gasteiger partial charge on any atom is -0.489 e. The average Bonchev–Trinajstić information content (AvgIpc) is 3.11. The van der Waals surface area contributed by atoms with Gasteiger partial charge >= 0.3 is 12.0 Å². The van der Waals surface area contributed by atoms with Crippen molar-refractivity contribution in [2.45, 2.75) is 6.61 Å². The van der Waals surface area contributed by atoms with Gasteiger partial charge in [0.1, 0.15) is 12.4 Å². The summed E-state index contributed by atoms with van der Waals surface area (Å²) in [4.78, 5) is 36.2. The van der Waals surface area contributed by atoms with E-state index in [-0.39, 0.29) is 6.54 Å². The van der Waals surface area contributed by atoms with Crippen LogP contribution in [0.2, 0.25) is 0 Å². The SMILES string of the molecule is O=C(OCC(=O)N1CCNC1=O)c1ccc(COc2ccccc2)cc1. The van der Waals surface area contributed by atoms with Crippen molar-refractivity contribution < 1.29 is 23.9 Å². The zero-order valence-electron chi connectivity index (χ0n) is 14.0. The molecule has 7 heteroatoms. The minimum atomic E-state index is -0.617. The molecule has 3 rings (SSSR count). The van der Waals surface area contributed by atoms with Gasteiger partial charge in [-0.2, -0.15) is 0 Å². The molecule has 7 nitrogen and oxygen atoms in total. The molecule has 1 aliphatic rings. The van der Waals surface area contributed by atoms with Crippen molar-refractivity contribution in [2.75, 3.05) is 19.7 Å². The van der Waals surface area contributed by atoms with E-state index in [0.717, 1.165) is 16.2 Å². The van der Waals surface area contributed by atoms with E-state index in [1.165, 1.54) is 0 Å². The van der Waals surface area contributed by atoms with Crippen LogP contribution in [0, 0.1) is 0 Å². The molecule has 0 unspecified atom stereocenters. The summed E-state index contributed by atoms with van der Waals surface area (Å²) in [5.74, 6) is -0.393. The molecule has 0 radical (unpaired) electrons. The molecule has 0 spiro atoms. The molecular formula is C19H18N2O5. The number of nitrogens with zero attached hydrogens (tertiary/aromatic N) is 1. The molecule has 1 saturated heterocycles. The lowest BCUT2D eigenvalue weighted by Gasteiger charge is -2.12. The molecule has 1 N–H and O–H groups in total. The smallest absolute Gasteiger partial charge is 0.338 e. The van der Waals surface area contributed by atoms with E-state index in [4.69, 9.17) is 9.47 Å². The lowest BCUT2D eigenvalue weighted by Crippen LogP contribution is -2.37. The van der Waals surface area contributed by atoms with Crippen molar-refractivity contribution in [3.05, 3.63) is 65.7 Å². The van der Waals surface area contributed by atoms with Crippen LogP contribution in [0.5, 0.6) is 5.75 Å². The van der Waals surface area contributed by atoms with Gasteiger partial charge in [0.15, 0.2) is 6.61 Å². The minimum absolute atomic E-state index is 0.283. The maximum absolute atomic E-state index is 12.0. The standard InChI is InChI=1S/C19H18N2O5/c22-17(21-11-10-20-19(21)24)13-26-18(23)15-8-6-14(7-9-15)12-25-16-4-2-1-3-5-16/h1-9H,10-13H2,(H,20,24). The Labute approximate surface area is 150 Å². The van der Waals surface area contributed by atoms with E-state index in [2.05, 4.69) is 5.32 Å². The predicted molar refractivity (Wildman–Crippen MR) is 92.6 cm³/mol. The van der Waals surface area contributed by atoms with Crippen LogP contribution in [0.15, 0.2) is 54.6 Å². The molecular weight excluding hydrogens is 336 g/mol. The fourth-order valence-corrected chi connectivity index (χ4v) is 2.42. The number of hydrogen-bond donors (Lipinski definition) is 1. The Bertz CT molecular complexity index is 789. The number of carbonyl (C=O) groups excluding carboxylic acids is 3. The fraction of sp³-hybridized carbons (Fsp3) is 0.211. The van der Waals surface area contributed by atoms with Crippen LogP contribution in [0.3, 0.4) is 0 Å².